The maximum atomic E-state index is 15.8. The molecule has 1 saturated carbocycles. The zero-order valence-electron chi connectivity index (χ0n) is 32.0. The second-order valence-corrected chi connectivity index (χ2v) is 15.7. The Morgan fingerprint density at radius 2 is 1.65 bits per heavy atom. The van der Waals surface area contributed by atoms with Gasteiger partial charge in [-0.1, -0.05) is 45.7 Å². The molecule has 2 fully saturated rings. The van der Waals surface area contributed by atoms with E-state index in [0.717, 1.165) is 25.7 Å². The number of benzene rings is 1. The molecular formula is C40H58FN5O6. The number of halogens is 1. The smallest absolute Gasteiger partial charge is 0.306 e. The van der Waals surface area contributed by atoms with Crippen LogP contribution in [0.4, 0.5) is 4.39 Å². The van der Waals surface area contributed by atoms with Gasteiger partial charge in [0.25, 0.3) is 5.91 Å². The van der Waals surface area contributed by atoms with Crippen molar-refractivity contribution in [1.29, 1.82) is 0 Å². The molecule has 1 aliphatic heterocycles. The second kappa shape index (κ2) is 18.1. The number of piperidine rings is 1. The predicted molar refractivity (Wildman–Crippen MR) is 196 cm³/mol. The molecule has 1 saturated heterocycles. The lowest BCUT2D eigenvalue weighted by Gasteiger charge is -2.36. The van der Waals surface area contributed by atoms with Crippen LogP contribution in [0.1, 0.15) is 127 Å². The Bertz CT molecular complexity index is 1570. The number of Topliss-reactive ketones (excluding diaryl/α,β-unsaturated/α-hetero) is 1. The largest absolute Gasteiger partial charge is 0.460 e. The number of amides is 3. The molecule has 52 heavy (non-hydrogen) atoms. The first kappa shape index (κ1) is 40.7. The number of aryl methyl sites for hydroxylation is 1. The summed E-state index contributed by atoms with van der Waals surface area (Å²) < 4.78 is 22.9. The molecule has 12 heteroatoms. The Hall–Kier alpha value is -4.09. The third-order valence-corrected chi connectivity index (χ3v) is 10.6. The number of carbonyl (C=O) groups excluding carboxylic acids is 5. The standard InChI is InChI=1S/C40H58FN5O6/c1-8-34(48)43-36(39(51)45-20-17-27(18-21-45)22-35(49)52-40(5,6)7)26(4)29-14-15-30(31(41)23-29)24-33(47)37(28-12-10-25(3)11-13-28)44-38(50)32-16-19-42-46(32)9-2/h14-16,19,23,25-28,36-37H,8-13,17-18,20-22,24H2,1-7H3,(H,43,48)(H,44,50)/t25?,26-,28?,36+,37-/m0/s1. The molecule has 3 atom stereocenters. The molecule has 11 nitrogen and oxygen atoms in total. The van der Waals surface area contributed by atoms with Crippen LogP contribution < -0.4 is 10.6 Å². The van der Waals surface area contributed by atoms with Crippen LogP contribution in [0.3, 0.4) is 0 Å². The monoisotopic (exact) mass is 723 g/mol. The van der Waals surface area contributed by atoms with Crippen molar-refractivity contribution in [3.05, 3.63) is 53.1 Å². The number of rotatable bonds is 14. The Kier molecular flexibility index (Phi) is 14.2. The minimum atomic E-state index is -0.924. The summed E-state index contributed by atoms with van der Waals surface area (Å²) in [5, 5.41) is 10.0. The quantitative estimate of drug-likeness (QED) is 0.237. The zero-order chi connectivity index (χ0) is 38.2. The first-order valence-electron chi connectivity index (χ1n) is 19.0. The molecule has 286 valence electrons. The first-order valence-corrected chi connectivity index (χ1v) is 19.0. The number of ketones is 1. The average Bonchev–Trinajstić information content (AvgIpc) is 3.59. The van der Waals surface area contributed by atoms with E-state index in [2.05, 4.69) is 22.7 Å². The van der Waals surface area contributed by atoms with Crippen LogP contribution in [0.5, 0.6) is 0 Å². The Balaban J connectivity index is 1.46. The van der Waals surface area contributed by atoms with E-state index < -0.39 is 29.4 Å². The van der Waals surface area contributed by atoms with Gasteiger partial charge in [0.05, 0.1) is 6.04 Å². The molecule has 2 aliphatic rings. The second-order valence-electron chi connectivity index (χ2n) is 15.7. The number of ether oxygens (including phenoxy) is 1. The van der Waals surface area contributed by atoms with Gasteiger partial charge in [-0.05, 0) is 94.4 Å². The van der Waals surface area contributed by atoms with E-state index in [9.17, 15) is 24.0 Å². The van der Waals surface area contributed by atoms with Gasteiger partial charge >= 0.3 is 5.97 Å². The van der Waals surface area contributed by atoms with Gasteiger partial charge in [0, 0.05) is 51.0 Å². The number of carbonyl (C=O) groups is 5. The highest BCUT2D eigenvalue weighted by Gasteiger charge is 2.36. The van der Waals surface area contributed by atoms with Crippen molar-refractivity contribution in [3.8, 4) is 0 Å². The van der Waals surface area contributed by atoms with E-state index in [0.29, 0.717) is 49.7 Å². The lowest BCUT2D eigenvalue weighted by atomic mass is 9.77. The number of likely N-dealkylation sites (tertiary alicyclic amines) is 1. The fraction of sp³-hybridized carbons (Fsp3) is 0.650. The Morgan fingerprint density at radius 3 is 2.25 bits per heavy atom. The van der Waals surface area contributed by atoms with Gasteiger partial charge in [0.1, 0.15) is 23.2 Å². The number of aromatic nitrogens is 2. The van der Waals surface area contributed by atoms with Crippen LogP contribution in [0, 0.1) is 23.6 Å². The fourth-order valence-corrected chi connectivity index (χ4v) is 7.40. The van der Waals surface area contributed by atoms with Gasteiger partial charge in [0.2, 0.25) is 11.8 Å². The molecule has 2 aromatic rings. The number of hydrogen-bond donors (Lipinski definition) is 2. The third kappa shape index (κ3) is 11.0. The van der Waals surface area contributed by atoms with Crippen LogP contribution in [-0.4, -0.2) is 74.9 Å². The van der Waals surface area contributed by atoms with E-state index in [4.69, 9.17) is 4.74 Å². The van der Waals surface area contributed by atoms with E-state index in [1.54, 1.807) is 47.8 Å². The lowest BCUT2D eigenvalue weighted by molar-refractivity contribution is -0.156. The number of hydrogen-bond acceptors (Lipinski definition) is 7. The van der Waals surface area contributed by atoms with Crippen LogP contribution in [-0.2, 0) is 36.9 Å². The summed E-state index contributed by atoms with van der Waals surface area (Å²) in [5.74, 6) is -1.99. The van der Waals surface area contributed by atoms with Gasteiger partial charge in [-0.15, -0.1) is 0 Å². The van der Waals surface area contributed by atoms with E-state index in [1.807, 2.05) is 27.7 Å². The van der Waals surface area contributed by atoms with Crippen molar-refractivity contribution in [2.75, 3.05) is 13.1 Å². The summed E-state index contributed by atoms with van der Waals surface area (Å²) in [4.78, 5) is 67.7. The molecule has 1 aromatic carbocycles. The zero-order valence-corrected chi connectivity index (χ0v) is 32.0. The van der Waals surface area contributed by atoms with Gasteiger partial charge in [-0.2, -0.15) is 5.10 Å². The van der Waals surface area contributed by atoms with Gasteiger partial charge in [-0.25, -0.2) is 4.39 Å². The van der Waals surface area contributed by atoms with Gasteiger partial charge < -0.3 is 20.3 Å². The summed E-state index contributed by atoms with van der Waals surface area (Å²) in [6, 6.07) is 4.55. The summed E-state index contributed by atoms with van der Waals surface area (Å²) in [7, 11) is 0. The predicted octanol–water partition coefficient (Wildman–Crippen LogP) is 5.75. The minimum absolute atomic E-state index is 0.0515. The highest BCUT2D eigenvalue weighted by Crippen LogP contribution is 2.32. The van der Waals surface area contributed by atoms with Crippen molar-refractivity contribution in [2.24, 2.45) is 17.8 Å². The van der Waals surface area contributed by atoms with Crippen LogP contribution >= 0.6 is 0 Å². The number of esters is 1. The summed E-state index contributed by atoms with van der Waals surface area (Å²) in [6.07, 6.45) is 6.60. The Morgan fingerprint density at radius 1 is 0.981 bits per heavy atom. The van der Waals surface area contributed by atoms with Crippen LogP contribution in [0.15, 0.2) is 30.5 Å². The molecule has 4 rings (SSSR count). The molecule has 1 aromatic heterocycles. The maximum Gasteiger partial charge on any atom is 0.306 e. The molecule has 2 N–H and O–H groups in total. The first-order chi connectivity index (χ1) is 24.6. The molecule has 3 amide bonds. The maximum absolute atomic E-state index is 15.8. The summed E-state index contributed by atoms with van der Waals surface area (Å²) >= 11 is 0. The molecule has 2 heterocycles. The molecular weight excluding hydrogens is 665 g/mol. The van der Waals surface area contributed by atoms with Crippen LogP contribution in [0.25, 0.3) is 0 Å². The topological polar surface area (TPSA) is 140 Å². The van der Waals surface area contributed by atoms with Crippen molar-refractivity contribution in [2.45, 2.75) is 136 Å². The molecule has 0 radical (unpaired) electrons. The number of nitrogens with one attached hydrogen (secondary N) is 2. The third-order valence-electron chi connectivity index (χ3n) is 10.6. The highest BCUT2D eigenvalue weighted by atomic mass is 19.1. The molecule has 0 spiro atoms. The van der Waals surface area contributed by atoms with Crippen molar-refractivity contribution >= 4 is 29.5 Å². The molecule has 0 unspecified atom stereocenters. The highest BCUT2D eigenvalue weighted by molar-refractivity contribution is 5.97. The molecule has 0 bridgehead atoms. The number of nitrogens with zero attached hydrogens (tertiary/aromatic N) is 3. The summed E-state index contributed by atoms with van der Waals surface area (Å²) in [5.41, 5.74) is 0.534. The molecule has 1 aliphatic carbocycles. The van der Waals surface area contributed by atoms with Crippen molar-refractivity contribution in [3.63, 3.8) is 0 Å². The van der Waals surface area contributed by atoms with E-state index in [1.165, 1.54) is 6.07 Å². The van der Waals surface area contributed by atoms with E-state index >= 15 is 4.39 Å². The average molecular weight is 724 g/mol. The fourth-order valence-electron chi connectivity index (χ4n) is 7.40. The van der Waals surface area contributed by atoms with Crippen molar-refractivity contribution < 1.29 is 33.1 Å². The SMILES string of the molecule is CCC(=O)N[C@@H](C(=O)N1CCC(CC(=O)OC(C)(C)C)CC1)[C@@H](C)c1ccc(CC(=O)[C@@H](NC(=O)c2ccnn2CC)C2CCC(C)CC2)c(F)c1. The van der Waals surface area contributed by atoms with Gasteiger partial charge in [0.15, 0.2) is 5.78 Å². The van der Waals surface area contributed by atoms with E-state index in [-0.39, 0.29) is 66.1 Å². The Labute approximate surface area is 307 Å². The van der Waals surface area contributed by atoms with Crippen LogP contribution in [0.2, 0.25) is 0 Å². The summed E-state index contributed by atoms with van der Waals surface area (Å²) in [6.45, 7) is 14.4. The minimum Gasteiger partial charge on any atom is -0.460 e. The van der Waals surface area contributed by atoms with Gasteiger partial charge in [-0.3, -0.25) is 28.7 Å². The lowest BCUT2D eigenvalue weighted by Crippen LogP contribution is -2.52. The normalized spacial score (nSPS) is 20.0. The van der Waals surface area contributed by atoms with Crippen molar-refractivity contribution in [1.82, 2.24) is 25.3 Å².